The summed E-state index contributed by atoms with van der Waals surface area (Å²) in [7, 11) is 0. The van der Waals surface area contributed by atoms with E-state index in [0.29, 0.717) is 13.0 Å². The molecule has 0 amide bonds. The van der Waals surface area contributed by atoms with Gasteiger partial charge in [0.15, 0.2) is 0 Å². The van der Waals surface area contributed by atoms with Crippen molar-refractivity contribution >= 4 is 12.0 Å². The number of carbonyl (C=O) groups is 1. The third-order valence-electron chi connectivity index (χ3n) is 3.68. The molecule has 21 heavy (non-hydrogen) atoms. The number of pyridine rings is 1. The van der Waals surface area contributed by atoms with E-state index in [2.05, 4.69) is 0 Å². The van der Waals surface area contributed by atoms with Gasteiger partial charge in [-0.2, -0.15) is 0 Å². The number of carboxylic acids is 1. The van der Waals surface area contributed by atoms with Crippen LogP contribution in [0.4, 0.5) is 0 Å². The molecule has 0 aliphatic carbocycles. The van der Waals surface area contributed by atoms with Gasteiger partial charge in [-0.15, -0.1) is 0 Å². The Balaban J connectivity index is 2.16. The van der Waals surface area contributed by atoms with Crippen LogP contribution in [0.5, 0.6) is 0 Å². The highest BCUT2D eigenvalue weighted by Crippen LogP contribution is 2.19. The first kappa shape index (κ1) is 13.4. The molecule has 1 aromatic carbocycles. The first-order chi connectivity index (χ1) is 10.2. The van der Waals surface area contributed by atoms with Crippen LogP contribution >= 0.6 is 0 Å². The quantitative estimate of drug-likeness (QED) is 0.940. The summed E-state index contributed by atoms with van der Waals surface area (Å²) in [5.41, 5.74) is 2.21. The standard InChI is InChI=1S/C17H15NO3/c19-16-14(17(20)21)11-13(10-12-6-2-1-3-7-12)15-8-4-5-9-18(15)16/h1-4,6-8,11H,5,9-10H2,(H,20,21). The smallest absolute Gasteiger partial charge is 0.341 e. The highest BCUT2D eigenvalue weighted by Gasteiger charge is 2.18. The van der Waals surface area contributed by atoms with E-state index in [4.69, 9.17) is 0 Å². The number of aromatic nitrogens is 1. The zero-order valence-corrected chi connectivity index (χ0v) is 11.5. The molecule has 0 atom stereocenters. The monoisotopic (exact) mass is 281 g/mol. The van der Waals surface area contributed by atoms with E-state index < -0.39 is 11.5 Å². The largest absolute Gasteiger partial charge is 0.477 e. The van der Waals surface area contributed by atoms with Gasteiger partial charge >= 0.3 is 5.97 Å². The Labute approximate surface area is 122 Å². The van der Waals surface area contributed by atoms with Crippen LogP contribution in [0.1, 0.15) is 33.6 Å². The van der Waals surface area contributed by atoms with Crippen molar-refractivity contribution in [2.24, 2.45) is 0 Å². The van der Waals surface area contributed by atoms with Crippen LogP contribution in [0.2, 0.25) is 0 Å². The number of hydrogen-bond donors (Lipinski definition) is 1. The summed E-state index contributed by atoms with van der Waals surface area (Å²) in [6.45, 7) is 0.535. The van der Waals surface area contributed by atoms with Gasteiger partial charge in [-0.25, -0.2) is 4.79 Å². The third-order valence-corrected chi connectivity index (χ3v) is 3.68. The molecular formula is C17H15NO3. The summed E-state index contributed by atoms with van der Waals surface area (Å²) in [6, 6.07) is 11.3. The Morgan fingerprint density at radius 2 is 2.00 bits per heavy atom. The fraction of sp³-hybridized carbons (Fsp3) is 0.176. The Bertz CT molecular complexity index is 773. The fourth-order valence-electron chi connectivity index (χ4n) is 2.67. The molecule has 0 bridgehead atoms. The van der Waals surface area contributed by atoms with Crippen LogP contribution in [0.25, 0.3) is 6.08 Å². The first-order valence-corrected chi connectivity index (χ1v) is 6.87. The molecule has 2 heterocycles. The minimum absolute atomic E-state index is 0.153. The Kier molecular flexibility index (Phi) is 3.44. The molecule has 0 fully saturated rings. The molecule has 0 radical (unpaired) electrons. The highest BCUT2D eigenvalue weighted by atomic mass is 16.4. The summed E-state index contributed by atoms with van der Waals surface area (Å²) in [5, 5.41) is 9.23. The Hall–Kier alpha value is -2.62. The fourth-order valence-corrected chi connectivity index (χ4v) is 2.67. The minimum Gasteiger partial charge on any atom is -0.477 e. The summed E-state index contributed by atoms with van der Waals surface area (Å²) in [6.07, 6.45) is 5.29. The van der Waals surface area contributed by atoms with Crippen molar-refractivity contribution in [1.29, 1.82) is 0 Å². The van der Waals surface area contributed by atoms with Crippen LogP contribution in [0, 0.1) is 0 Å². The maximum atomic E-state index is 12.2. The van der Waals surface area contributed by atoms with Crippen molar-refractivity contribution in [3.8, 4) is 0 Å². The van der Waals surface area contributed by atoms with E-state index in [0.717, 1.165) is 23.2 Å². The summed E-state index contributed by atoms with van der Waals surface area (Å²) < 4.78 is 1.57. The summed E-state index contributed by atoms with van der Waals surface area (Å²) in [5.74, 6) is -1.17. The second-order valence-electron chi connectivity index (χ2n) is 5.08. The van der Waals surface area contributed by atoms with Crippen molar-refractivity contribution in [1.82, 2.24) is 4.57 Å². The van der Waals surface area contributed by atoms with E-state index in [-0.39, 0.29) is 5.56 Å². The van der Waals surface area contributed by atoms with E-state index in [9.17, 15) is 14.7 Å². The van der Waals surface area contributed by atoms with Crippen LogP contribution < -0.4 is 5.56 Å². The number of aromatic carboxylic acids is 1. The lowest BCUT2D eigenvalue weighted by Gasteiger charge is -2.18. The second-order valence-corrected chi connectivity index (χ2v) is 5.08. The SMILES string of the molecule is O=C(O)c1cc(Cc2ccccc2)c2n(c1=O)CCC=C2. The number of allylic oxidation sites excluding steroid dienone is 1. The van der Waals surface area contributed by atoms with Gasteiger partial charge in [-0.3, -0.25) is 4.79 Å². The predicted octanol–water partition coefficient (Wildman–Crippen LogP) is 2.55. The van der Waals surface area contributed by atoms with Gasteiger partial charge in [-0.05, 0) is 36.1 Å². The molecule has 1 aliphatic rings. The third kappa shape index (κ3) is 2.52. The molecule has 2 aromatic rings. The zero-order chi connectivity index (χ0) is 14.8. The average molecular weight is 281 g/mol. The summed E-state index contributed by atoms with van der Waals surface area (Å²) in [4.78, 5) is 23.5. The van der Waals surface area contributed by atoms with Gasteiger partial charge in [0.05, 0.1) is 0 Å². The number of hydrogen-bond acceptors (Lipinski definition) is 2. The molecule has 0 saturated heterocycles. The van der Waals surface area contributed by atoms with Gasteiger partial charge in [0, 0.05) is 12.2 Å². The summed E-state index contributed by atoms with van der Waals surface area (Å²) >= 11 is 0. The van der Waals surface area contributed by atoms with Crippen molar-refractivity contribution in [2.45, 2.75) is 19.4 Å². The van der Waals surface area contributed by atoms with Crippen molar-refractivity contribution in [3.05, 3.63) is 75.2 Å². The van der Waals surface area contributed by atoms with Crippen molar-refractivity contribution in [3.63, 3.8) is 0 Å². The van der Waals surface area contributed by atoms with Crippen molar-refractivity contribution < 1.29 is 9.90 Å². The topological polar surface area (TPSA) is 59.3 Å². The van der Waals surface area contributed by atoms with Gasteiger partial charge in [0.1, 0.15) is 5.56 Å². The number of benzene rings is 1. The van der Waals surface area contributed by atoms with Gasteiger partial charge < -0.3 is 9.67 Å². The molecule has 106 valence electrons. The molecule has 1 N–H and O–H groups in total. The Morgan fingerprint density at radius 3 is 2.71 bits per heavy atom. The van der Waals surface area contributed by atoms with Crippen molar-refractivity contribution in [2.75, 3.05) is 0 Å². The second kappa shape index (κ2) is 5.40. The van der Waals surface area contributed by atoms with Crippen LogP contribution in [0.3, 0.4) is 0 Å². The van der Waals surface area contributed by atoms with Gasteiger partial charge in [0.2, 0.25) is 0 Å². The number of nitrogens with zero attached hydrogens (tertiary/aromatic N) is 1. The number of rotatable bonds is 3. The molecule has 0 unspecified atom stereocenters. The molecule has 0 saturated carbocycles. The normalized spacial score (nSPS) is 13.0. The molecule has 4 heteroatoms. The highest BCUT2D eigenvalue weighted by molar-refractivity contribution is 5.87. The maximum absolute atomic E-state index is 12.2. The van der Waals surface area contributed by atoms with E-state index in [1.54, 1.807) is 4.57 Å². The first-order valence-electron chi connectivity index (χ1n) is 6.87. The van der Waals surface area contributed by atoms with Gasteiger partial charge in [-0.1, -0.05) is 36.4 Å². The lowest BCUT2D eigenvalue weighted by atomic mass is 9.99. The molecule has 0 spiro atoms. The lowest BCUT2D eigenvalue weighted by molar-refractivity contribution is 0.0694. The molecular weight excluding hydrogens is 266 g/mol. The predicted molar refractivity (Wildman–Crippen MR) is 80.6 cm³/mol. The molecule has 4 nitrogen and oxygen atoms in total. The minimum atomic E-state index is -1.17. The average Bonchev–Trinajstić information content (AvgIpc) is 2.51. The number of carboxylic acid groups (broad SMARTS) is 1. The van der Waals surface area contributed by atoms with Gasteiger partial charge in [0.25, 0.3) is 5.56 Å². The van der Waals surface area contributed by atoms with Crippen LogP contribution in [-0.2, 0) is 13.0 Å². The molecule has 1 aromatic heterocycles. The van der Waals surface area contributed by atoms with E-state index in [1.165, 1.54) is 6.07 Å². The maximum Gasteiger partial charge on any atom is 0.341 e. The Morgan fingerprint density at radius 1 is 1.24 bits per heavy atom. The zero-order valence-electron chi connectivity index (χ0n) is 11.5. The van der Waals surface area contributed by atoms with E-state index >= 15 is 0 Å². The number of fused-ring (bicyclic) bond motifs is 1. The lowest BCUT2D eigenvalue weighted by Crippen LogP contribution is -2.30. The molecule has 1 aliphatic heterocycles. The molecule has 3 rings (SSSR count). The van der Waals surface area contributed by atoms with E-state index in [1.807, 2.05) is 42.5 Å². The van der Waals surface area contributed by atoms with Crippen LogP contribution in [0.15, 0.2) is 47.3 Å². The van der Waals surface area contributed by atoms with Crippen LogP contribution in [-0.4, -0.2) is 15.6 Å².